The van der Waals surface area contributed by atoms with Crippen molar-refractivity contribution in [2.45, 2.75) is 163 Å². The molecule has 0 aliphatic heterocycles. The van der Waals surface area contributed by atoms with Crippen LogP contribution in [0.3, 0.4) is 0 Å². The summed E-state index contributed by atoms with van der Waals surface area (Å²) in [5.74, 6) is 0.597. The molecule has 1 N–H and O–H groups in total. The minimum absolute atomic E-state index is 0.0558. The molecule has 8 heteroatoms. The zero-order valence-electron chi connectivity index (χ0n) is 27.1. The van der Waals surface area contributed by atoms with E-state index >= 15 is 0 Å². The van der Waals surface area contributed by atoms with Crippen LogP contribution < -0.4 is 0 Å². The van der Waals surface area contributed by atoms with Gasteiger partial charge in [0.05, 0.1) is 6.10 Å². The lowest BCUT2D eigenvalue weighted by atomic mass is 9.76. The van der Waals surface area contributed by atoms with E-state index in [2.05, 4.69) is 12.1 Å². The second kappa shape index (κ2) is 13.9. The van der Waals surface area contributed by atoms with Gasteiger partial charge < -0.3 is 0 Å². The zero-order valence-corrected chi connectivity index (χ0v) is 28.7. The summed E-state index contributed by atoms with van der Waals surface area (Å²) in [5.41, 5.74) is 4.38. The quantitative estimate of drug-likeness (QED) is 0.216. The molecule has 0 atom stereocenters. The van der Waals surface area contributed by atoms with Crippen molar-refractivity contribution in [1.29, 1.82) is 0 Å². The molecule has 6 nitrogen and oxygen atoms in total. The van der Waals surface area contributed by atoms with Gasteiger partial charge in [-0.05, 0) is 109 Å². The Labute approximate surface area is 266 Å². The topological polar surface area (TPSA) is 97.7 Å². The summed E-state index contributed by atoms with van der Waals surface area (Å²) in [6, 6.07) is 9.90. The normalized spacial score (nSPS) is 23.0. The smallest absolute Gasteiger partial charge is 0.282 e. The van der Waals surface area contributed by atoms with Crippen molar-refractivity contribution in [1.82, 2.24) is 0 Å². The second-order valence-corrected chi connectivity index (χ2v) is 17.1. The molecule has 2 aromatic carbocycles. The molecule has 0 bridgehead atoms. The first-order valence-electron chi connectivity index (χ1n) is 17.1. The van der Waals surface area contributed by atoms with Crippen molar-refractivity contribution in [2.24, 2.45) is 0 Å². The van der Waals surface area contributed by atoms with Crippen LogP contribution in [0.2, 0.25) is 0 Å². The van der Waals surface area contributed by atoms with Gasteiger partial charge in [0.15, 0.2) is 0 Å². The van der Waals surface area contributed by atoms with Crippen LogP contribution in [-0.2, 0) is 24.4 Å². The highest BCUT2D eigenvalue weighted by atomic mass is 32.2. The monoisotopic (exact) mass is 644 g/mol. The van der Waals surface area contributed by atoms with E-state index in [1.807, 2.05) is 45.9 Å². The molecule has 0 aromatic heterocycles. The van der Waals surface area contributed by atoms with Crippen molar-refractivity contribution < 1.29 is 25.6 Å². The van der Waals surface area contributed by atoms with Crippen LogP contribution in [0.25, 0.3) is 0 Å². The molecule has 0 saturated heterocycles. The van der Waals surface area contributed by atoms with Crippen molar-refractivity contribution >= 4 is 20.2 Å². The Morgan fingerprint density at radius 1 is 0.636 bits per heavy atom. The van der Waals surface area contributed by atoms with Crippen molar-refractivity contribution in [3.05, 3.63) is 58.1 Å². The van der Waals surface area contributed by atoms with Gasteiger partial charge in [-0.3, -0.25) is 8.74 Å². The Kier molecular flexibility index (Phi) is 10.7. The van der Waals surface area contributed by atoms with Crippen molar-refractivity contribution in [3.8, 4) is 0 Å². The van der Waals surface area contributed by atoms with E-state index in [0.717, 1.165) is 92.0 Å². The van der Waals surface area contributed by atoms with E-state index in [9.17, 15) is 21.4 Å². The number of benzene rings is 2. The van der Waals surface area contributed by atoms with Gasteiger partial charge in [0.25, 0.3) is 20.2 Å². The van der Waals surface area contributed by atoms with Crippen LogP contribution in [0.15, 0.2) is 40.1 Å². The van der Waals surface area contributed by atoms with E-state index < -0.39 is 20.2 Å². The summed E-state index contributed by atoms with van der Waals surface area (Å²) in [7, 11) is -8.32. The highest BCUT2D eigenvalue weighted by Gasteiger charge is 2.35. The SMILES string of the molecule is CC(C)c1cccc(C(C)C)c1S(=O)(=O)OC1CCC(c2cc(C3CCCCC3)c(S(=O)(=O)O)c(C3CCCCC3)c2)CC1. The highest BCUT2D eigenvalue weighted by Crippen LogP contribution is 2.46. The predicted molar refractivity (Wildman–Crippen MR) is 176 cm³/mol. The molecule has 3 saturated carbocycles. The fourth-order valence-corrected chi connectivity index (χ4v) is 11.0. The molecule has 2 aromatic rings. The van der Waals surface area contributed by atoms with Crippen LogP contribution in [-0.4, -0.2) is 27.5 Å². The molecule has 0 amide bonds. The van der Waals surface area contributed by atoms with Crippen molar-refractivity contribution in [2.75, 3.05) is 0 Å². The van der Waals surface area contributed by atoms with Crippen LogP contribution in [0.4, 0.5) is 0 Å². The van der Waals surface area contributed by atoms with Gasteiger partial charge in [0.1, 0.15) is 9.79 Å². The minimum Gasteiger partial charge on any atom is -0.282 e. The standard InChI is InChI=1S/C36H52O6S2/c1-24(2)31-16-11-17-32(25(3)4)36(31)44(40,41)42-30-20-18-26(19-21-30)29-22-33(27-12-7-5-8-13-27)35(43(37,38)39)34(23-29)28-14-9-6-10-15-28/h11,16-17,22-28,30H,5-10,12-15,18-21H2,1-4H3,(H,37,38,39). The lowest BCUT2D eigenvalue weighted by Gasteiger charge is -2.33. The third-order valence-electron chi connectivity index (χ3n) is 10.5. The number of hydrogen-bond donors (Lipinski definition) is 1. The summed E-state index contributed by atoms with van der Waals surface area (Å²) in [5, 5.41) is 0. The second-order valence-electron chi connectivity index (χ2n) is 14.3. The average Bonchev–Trinajstić information content (AvgIpc) is 3.00. The van der Waals surface area contributed by atoms with Crippen LogP contribution in [0, 0.1) is 0 Å². The van der Waals surface area contributed by atoms with E-state index in [-0.39, 0.29) is 40.6 Å². The predicted octanol–water partition coefficient (Wildman–Crippen LogP) is 9.71. The van der Waals surface area contributed by atoms with Gasteiger partial charge in [0.2, 0.25) is 0 Å². The number of hydrogen-bond acceptors (Lipinski definition) is 5. The third kappa shape index (κ3) is 7.45. The van der Waals surface area contributed by atoms with E-state index in [1.54, 1.807) is 0 Å². The van der Waals surface area contributed by atoms with Gasteiger partial charge in [0, 0.05) is 0 Å². The Hall–Kier alpha value is -1.74. The lowest BCUT2D eigenvalue weighted by Crippen LogP contribution is -2.26. The number of rotatable bonds is 9. The van der Waals surface area contributed by atoms with Crippen LogP contribution in [0.1, 0.15) is 175 Å². The molecule has 244 valence electrons. The molecule has 0 radical (unpaired) electrons. The zero-order chi connectivity index (χ0) is 31.6. The Balaban J connectivity index is 1.42. The highest BCUT2D eigenvalue weighted by molar-refractivity contribution is 7.87. The molecule has 0 spiro atoms. The summed E-state index contributed by atoms with van der Waals surface area (Å²) in [4.78, 5) is 0.523. The maximum atomic E-state index is 13.8. The molecule has 0 heterocycles. The molecular formula is C36H52O6S2. The fraction of sp³-hybridized carbons (Fsp3) is 0.667. The average molecular weight is 645 g/mol. The maximum Gasteiger partial charge on any atom is 0.297 e. The lowest BCUT2D eigenvalue weighted by molar-refractivity contribution is 0.153. The van der Waals surface area contributed by atoms with Gasteiger partial charge in [-0.1, -0.05) is 96.6 Å². The van der Waals surface area contributed by atoms with Gasteiger partial charge in [-0.15, -0.1) is 0 Å². The molecule has 3 fully saturated rings. The van der Waals surface area contributed by atoms with E-state index in [1.165, 1.54) is 12.8 Å². The Morgan fingerprint density at radius 2 is 1.09 bits per heavy atom. The van der Waals surface area contributed by atoms with Gasteiger partial charge in [-0.2, -0.15) is 16.8 Å². The third-order valence-corrected chi connectivity index (χ3v) is 13.0. The van der Waals surface area contributed by atoms with E-state index in [0.29, 0.717) is 17.7 Å². The minimum atomic E-state index is -4.37. The summed E-state index contributed by atoms with van der Waals surface area (Å²) in [6.45, 7) is 8.06. The first-order chi connectivity index (χ1) is 20.9. The summed E-state index contributed by atoms with van der Waals surface area (Å²) in [6.07, 6.45) is 12.9. The Morgan fingerprint density at radius 3 is 1.50 bits per heavy atom. The molecule has 0 unspecified atom stereocenters. The summed E-state index contributed by atoms with van der Waals surface area (Å²) < 4.78 is 70.0. The first kappa shape index (κ1) is 33.6. The Bertz CT molecular complexity index is 1440. The molecule has 3 aliphatic rings. The van der Waals surface area contributed by atoms with Gasteiger partial charge in [-0.25, -0.2) is 0 Å². The van der Waals surface area contributed by atoms with Crippen LogP contribution >= 0.6 is 0 Å². The largest absolute Gasteiger partial charge is 0.297 e. The van der Waals surface area contributed by atoms with Crippen LogP contribution in [0.5, 0.6) is 0 Å². The first-order valence-corrected chi connectivity index (χ1v) is 19.9. The molecular weight excluding hydrogens is 593 g/mol. The summed E-state index contributed by atoms with van der Waals surface area (Å²) >= 11 is 0. The van der Waals surface area contributed by atoms with Crippen molar-refractivity contribution in [3.63, 3.8) is 0 Å². The maximum absolute atomic E-state index is 13.8. The van der Waals surface area contributed by atoms with E-state index in [4.69, 9.17) is 4.18 Å². The molecule has 3 aliphatic carbocycles. The fourth-order valence-electron chi connectivity index (χ4n) is 8.16. The molecule has 44 heavy (non-hydrogen) atoms. The van der Waals surface area contributed by atoms with Gasteiger partial charge >= 0.3 is 0 Å². The molecule has 5 rings (SSSR count).